The van der Waals surface area contributed by atoms with Crippen molar-refractivity contribution >= 4 is 0 Å². The van der Waals surface area contributed by atoms with E-state index in [1.54, 1.807) is 12.1 Å². The molecule has 0 heterocycles. The minimum absolute atomic E-state index is 0.0356. The summed E-state index contributed by atoms with van der Waals surface area (Å²) in [7, 11) is 0. The van der Waals surface area contributed by atoms with Gasteiger partial charge in [0, 0.05) is 12.7 Å². The van der Waals surface area contributed by atoms with Gasteiger partial charge in [0.25, 0.3) is 0 Å². The molecule has 2 fully saturated rings. The number of rotatable bonds is 15. The molecule has 1 atom stereocenters. The highest BCUT2D eigenvalue weighted by atomic mass is 19.1. The molecule has 0 N–H and O–H groups in total. The summed E-state index contributed by atoms with van der Waals surface area (Å²) < 4.78 is 45.8. The SMILES string of the molecule is CCCCCC1CCC(COC2CCC(CC(F)COc3ccc(OCCC)c(F)c3)CC2)CC1. The lowest BCUT2D eigenvalue weighted by atomic mass is 9.80. The fourth-order valence-electron chi connectivity index (χ4n) is 5.69. The van der Waals surface area contributed by atoms with Gasteiger partial charge in [-0.25, -0.2) is 8.78 Å². The first-order valence-electron chi connectivity index (χ1n) is 14.4. The number of halogens is 2. The molecule has 35 heavy (non-hydrogen) atoms. The van der Waals surface area contributed by atoms with Gasteiger partial charge in [-0.2, -0.15) is 0 Å². The largest absolute Gasteiger partial charge is 0.491 e. The Labute approximate surface area is 212 Å². The number of hydrogen-bond donors (Lipinski definition) is 0. The predicted molar refractivity (Wildman–Crippen MR) is 138 cm³/mol. The van der Waals surface area contributed by atoms with Crippen molar-refractivity contribution in [3.05, 3.63) is 24.0 Å². The maximum Gasteiger partial charge on any atom is 0.168 e. The summed E-state index contributed by atoms with van der Waals surface area (Å²) >= 11 is 0. The third-order valence-corrected chi connectivity index (χ3v) is 7.93. The molecule has 3 nitrogen and oxygen atoms in total. The lowest BCUT2D eigenvalue weighted by molar-refractivity contribution is -0.0126. The van der Waals surface area contributed by atoms with E-state index in [1.807, 2.05) is 6.92 Å². The standard InChI is InChI=1S/C30H48F2O3/c1-3-5-6-7-23-8-10-25(11-9-23)21-34-27-14-12-24(13-15-27)19-26(31)22-35-28-16-17-30(29(32)20-28)33-18-4-2/h16-17,20,23-27H,3-15,18-19,21-22H2,1-2H3. The second-order valence-electron chi connectivity index (χ2n) is 10.9. The topological polar surface area (TPSA) is 27.7 Å². The number of ether oxygens (including phenoxy) is 3. The first-order chi connectivity index (χ1) is 17.1. The van der Waals surface area contributed by atoms with Crippen molar-refractivity contribution in [3.8, 4) is 11.5 Å². The van der Waals surface area contributed by atoms with Crippen LogP contribution in [0.2, 0.25) is 0 Å². The van der Waals surface area contributed by atoms with E-state index < -0.39 is 12.0 Å². The lowest BCUT2D eigenvalue weighted by Gasteiger charge is -2.32. The van der Waals surface area contributed by atoms with Crippen LogP contribution in [0.5, 0.6) is 11.5 Å². The first kappa shape index (κ1) is 28.2. The summed E-state index contributed by atoms with van der Waals surface area (Å²) in [6.07, 6.45) is 15.7. The van der Waals surface area contributed by atoms with Crippen LogP contribution in [0.3, 0.4) is 0 Å². The van der Waals surface area contributed by atoms with Crippen LogP contribution in [0, 0.1) is 23.6 Å². The summed E-state index contributed by atoms with van der Waals surface area (Å²) in [6, 6.07) is 4.47. The normalized spacial score (nSPS) is 25.8. The third-order valence-electron chi connectivity index (χ3n) is 7.93. The van der Waals surface area contributed by atoms with Gasteiger partial charge < -0.3 is 14.2 Å². The van der Waals surface area contributed by atoms with Gasteiger partial charge in [-0.05, 0) is 81.3 Å². The average Bonchev–Trinajstić information content (AvgIpc) is 2.87. The Hall–Kier alpha value is -1.36. The maximum atomic E-state index is 14.6. The van der Waals surface area contributed by atoms with Crippen molar-refractivity contribution in [1.29, 1.82) is 0 Å². The summed E-state index contributed by atoms with van der Waals surface area (Å²) in [4.78, 5) is 0. The quantitative estimate of drug-likeness (QED) is 0.228. The molecule has 200 valence electrons. The van der Waals surface area contributed by atoms with E-state index in [0.29, 0.717) is 30.8 Å². The Bertz CT molecular complexity index is 697. The van der Waals surface area contributed by atoms with Crippen molar-refractivity contribution in [2.75, 3.05) is 19.8 Å². The minimum Gasteiger partial charge on any atom is -0.491 e. The van der Waals surface area contributed by atoms with Crippen LogP contribution >= 0.6 is 0 Å². The van der Waals surface area contributed by atoms with Gasteiger partial charge >= 0.3 is 0 Å². The fraction of sp³-hybridized carbons (Fsp3) is 0.800. The van der Waals surface area contributed by atoms with E-state index >= 15 is 0 Å². The molecule has 5 heteroatoms. The van der Waals surface area contributed by atoms with E-state index in [-0.39, 0.29) is 12.4 Å². The summed E-state index contributed by atoms with van der Waals surface area (Å²) in [6.45, 7) is 5.59. The molecule has 2 aliphatic rings. The number of unbranched alkanes of at least 4 members (excludes halogenated alkanes) is 2. The minimum atomic E-state index is -1.04. The number of alkyl halides is 1. The number of hydrogen-bond acceptors (Lipinski definition) is 3. The van der Waals surface area contributed by atoms with Gasteiger partial charge in [-0.15, -0.1) is 0 Å². The van der Waals surface area contributed by atoms with E-state index in [4.69, 9.17) is 14.2 Å². The Morgan fingerprint density at radius 1 is 0.857 bits per heavy atom. The van der Waals surface area contributed by atoms with Crippen molar-refractivity contribution < 1.29 is 23.0 Å². The van der Waals surface area contributed by atoms with E-state index in [9.17, 15) is 8.78 Å². The van der Waals surface area contributed by atoms with Crippen LogP contribution in [-0.4, -0.2) is 32.1 Å². The van der Waals surface area contributed by atoms with E-state index in [2.05, 4.69) is 6.92 Å². The van der Waals surface area contributed by atoms with Crippen molar-refractivity contribution in [2.45, 2.75) is 116 Å². The second-order valence-corrected chi connectivity index (χ2v) is 10.9. The van der Waals surface area contributed by atoms with Gasteiger partial charge in [-0.1, -0.05) is 52.4 Å². The molecule has 1 aromatic carbocycles. The van der Waals surface area contributed by atoms with Gasteiger partial charge in [0.1, 0.15) is 18.5 Å². The Kier molecular flexibility index (Phi) is 12.6. The second kappa shape index (κ2) is 15.7. The molecule has 0 radical (unpaired) electrons. The third kappa shape index (κ3) is 10.3. The lowest BCUT2D eigenvalue weighted by Crippen LogP contribution is -2.27. The van der Waals surface area contributed by atoms with E-state index in [0.717, 1.165) is 50.5 Å². The zero-order valence-electron chi connectivity index (χ0n) is 22.1. The van der Waals surface area contributed by atoms with Gasteiger partial charge in [0.05, 0.1) is 12.7 Å². The zero-order chi connectivity index (χ0) is 24.9. The molecule has 0 amide bonds. The van der Waals surface area contributed by atoms with Crippen LogP contribution in [0.1, 0.15) is 104 Å². The molecule has 0 aromatic heterocycles. The molecule has 0 bridgehead atoms. The molecule has 3 rings (SSSR count). The molecule has 1 unspecified atom stereocenters. The fourth-order valence-corrected chi connectivity index (χ4v) is 5.69. The van der Waals surface area contributed by atoms with Gasteiger partial charge in [0.15, 0.2) is 11.6 Å². The zero-order valence-corrected chi connectivity index (χ0v) is 22.1. The van der Waals surface area contributed by atoms with Crippen LogP contribution in [0.4, 0.5) is 8.78 Å². The molecule has 0 saturated heterocycles. The molecular weight excluding hydrogens is 446 g/mol. The summed E-state index contributed by atoms with van der Waals surface area (Å²) in [5.74, 6) is 2.16. The Morgan fingerprint density at radius 2 is 1.57 bits per heavy atom. The predicted octanol–water partition coefficient (Wildman–Crippen LogP) is 8.68. The summed E-state index contributed by atoms with van der Waals surface area (Å²) in [5.41, 5.74) is 0. The van der Waals surface area contributed by atoms with Crippen molar-refractivity contribution in [3.63, 3.8) is 0 Å². The maximum absolute atomic E-state index is 14.6. The molecule has 0 aliphatic heterocycles. The smallest absolute Gasteiger partial charge is 0.168 e. The van der Waals surface area contributed by atoms with Gasteiger partial charge in [-0.3, -0.25) is 0 Å². The molecule has 2 saturated carbocycles. The van der Waals surface area contributed by atoms with E-state index in [1.165, 1.54) is 57.4 Å². The molecule has 2 aliphatic carbocycles. The molecule has 1 aromatic rings. The molecule has 0 spiro atoms. The highest BCUT2D eigenvalue weighted by Crippen LogP contribution is 2.34. The van der Waals surface area contributed by atoms with Crippen molar-refractivity contribution in [1.82, 2.24) is 0 Å². The van der Waals surface area contributed by atoms with Crippen molar-refractivity contribution in [2.24, 2.45) is 17.8 Å². The van der Waals surface area contributed by atoms with Crippen LogP contribution < -0.4 is 9.47 Å². The molecular formula is C30H48F2O3. The summed E-state index contributed by atoms with van der Waals surface area (Å²) in [5, 5.41) is 0. The van der Waals surface area contributed by atoms with Crippen LogP contribution in [0.15, 0.2) is 18.2 Å². The van der Waals surface area contributed by atoms with Crippen LogP contribution in [-0.2, 0) is 4.74 Å². The monoisotopic (exact) mass is 494 g/mol. The Morgan fingerprint density at radius 3 is 2.26 bits per heavy atom. The average molecular weight is 495 g/mol. The number of benzene rings is 1. The van der Waals surface area contributed by atoms with Crippen LogP contribution in [0.25, 0.3) is 0 Å². The highest BCUT2D eigenvalue weighted by molar-refractivity contribution is 5.33. The van der Waals surface area contributed by atoms with Gasteiger partial charge in [0.2, 0.25) is 0 Å². The Balaban J connectivity index is 1.25. The first-order valence-corrected chi connectivity index (χ1v) is 14.4. The highest BCUT2D eigenvalue weighted by Gasteiger charge is 2.26.